The molecule has 0 radical (unpaired) electrons. The SMILES string of the molecule is NNC(C1CC1c1ccccc1)C(F)(F)Cl. The van der Waals surface area contributed by atoms with Crippen molar-refractivity contribution in [2.24, 2.45) is 11.8 Å². The number of rotatable bonds is 4. The van der Waals surface area contributed by atoms with Crippen LogP contribution in [0.4, 0.5) is 8.78 Å². The molecule has 16 heavy (non-hydrogen) atoms. The smallest absolute Gasteiger partial charge is 0.271 e. The molecule has 3 N–H and O–H groups in total. The lowest BCUT2D eigenvalue weighted by atomic mass is 10.1. The molecule has 1 aromatic carbocycles. The van der Waals surface area contributed by atoms with E-state index in [4.69, 9.17) is 17.4 Å². The van der Waals surface area contributed by atoms with E-state index in [2.05, 4.69) is 5.43 Å². The Labute approximate surface area is 97.7 Å². The topological polar surface area (TPSA) is 38.0 Å². The van der Waals surface area contributed by atoms with Gasteiger partial charge in [0.2, 0.25) is 0 Å². The summed E-state index contributed by atoms with van der Waals surface area (Å²) in [5.74, 6) is 5.06. The minimum Gasteiger partial charge on any atom is -0.271 e. The van der Waals surface area contributed by atoms with Crippen molar-refractivity contribution in [3.8, 4) is 0 Å². The molecule has 88 valence electrons. The predicted molar refractivity (Wildman–Crippen MR) is 59.2 cm³/mol. The number of benzene rings is 1. The molecular weight excluding hydrogens is 234 g/mol. The average molecular weight is 247 g/mol. The highest BCUT2D eigenvalue weighted by Gasteiger charge is 2.53. The molecular formula is C11H13ClF2N2. The van der Waals surface area contributed by atoms with E-state index < -0.39 is 11.4 Å². The van der Waals surface area contributed by atoms with E-state index in [9.17, 15) is 8.78 Å². The maximum atomic E-state index is 13.0. The number of hydrogen-bond donors (Lipinski definition) is 2. The Morgan fingerprint density at radius 2 is 2.00 bits per heavy atom. The van der Waals surface area contributed by atoms with E-state index in [1.807, 2.05) is 30.3 Å². The number of hydrazine groups is 1. The summed E-state index contributed by atoms with van der Waals surface area (Å²) in [7, 11) is 0. The van der Waals surface area contributed by atoms with Crippen LogP contribution >= 0.6 is 11.6 Å². The molecule has 0 aliphatic heterocycles. The monoisotopic (exact) mass is 246 g/mol. The van der Waals surface area contributed by atoms with Gasteiger partial charge in [0, 0.05) is 0 Å². The minimum atomic E-state index is -3.30. The van der Waals surface area contributed by atoms with E-state index in [0.29, 0.717) is 6.42 Å². The van der Waals surface area contributed by atoms with Crippen molar-refractivity contribution >= 4 is 11.6 Å². The lowest BCUT2D eigenvalue weighted by Gasteiger charge is -2.20. The third-order valence-corrected chi connectivity index (χ3v) is 3.26. The standard InChI is InChI=1S/C11H13ClF2N2/c12-11(13,14)10(16-15)9-6-8(9)7-4-2-1-3-5-7/h1-5,8-10,16H,6,15H2. The van der Waals surface area contributed by atoms with Gasteiger partial charge < -0.3 is 0 Å². The fourth-order valence-electron chi connectivity index (χ4n) is 2.13. The number of alkyl halides is 3. The fraction of sp³-hybridized carbons (Fsp3) is 0.455. The molecule has 0 amide bonds. The molecule has 1 aliphatic rings. The van der Waals surface area contributed by atoms with Gasteiger partial charge in [-0.1, -0.05) is 30.3 Å². The van der Waals surface area contributed by atoms with Crippen LogP contribution in [-0.4, -0.2) is 11.4 Å². The van der Waals surface area contributed by atoms with E-state index in [-0.39, 0.29) is 11.8 Å². The van der Waals surface area contributed by atoms with Crippen molar-refractivity contribution in [3.05, 3.63) is 35.9 Å². The van der Waals surface area contributed by atoms with Gasteiger partial charge in [-0.2, -0.15) is 8.78 Å². The van der Waals surface area contributed by atoms with Crippen LogP contribution in [0.15, 0.2) is 30.3 Å². The van der Waals surface area contributed by atoms with E-state index >= 15 is 0 Å². The zero-order chi connectivity index (χ0) is 11.8. The first-order chi connectivity index (χ1) is 7.54. The molecule has 0 bridgehead atoms. The Morgan fingerprint density at radius 1 is 1.38 bits per heavy atom. The quantitative estimate of drug-likeness (QED) is 0.487. The van der Waals surface area contributed by atoms with Gasteiger partial charge in [0.05, 0.1) is 0 Å². The van der Waals surface area contributed by atoms with Crippen LogP contribution < -0.4 is 11.3 Å². The number of nitrogens with one attached hydrogen (secondary N) is 1. The van der Waals surface area contributed by atoms with Crippen molar-refractivity contribution in [1.82, 2.24) is 5.43 Å². The number of halogens is 3. The van der Waals surface area contributed by atoms with Crippen molar-refractivity contribution in [1.29, 1.82) is 0 Å². The molecule has 0 aromatic heterocycles. The molecule has 1 aromatic rings. The summed E-state index contributed by atoms with van der Waals surface area (Å²) in [5, 5.41) is -3.30. The van der Waals surface area contributed by atoms with Crippen LogP contribution in [0.3, 0.4) is 0 Å². The van der Waals surface area contributed by atoms with Crippen molar-refractivity contribution in [2.45, 2.75) is 23.8 Å². The van der Waals surface area contributed by atoms with Crippen LogP contribution in [0.1, 0.15) is 17.9 Å². The van der Waals surface area contributed by atoms with Gasteiger partial charge >= 0.3 is 5.38 Å². The van der Waals surface area contributed by atoms with Gasteiger partial charge in [-0.25, -0.2) is 5.43 Å². The lowest BCUT2D eigenvalue weighted by molar-refractivity contribution is 0.0403. The van der Waals surface area contributed by atoms with E-state index in [1.54, 1.807) is 0 Å². The number of nitrogens with two attached hydrogens (primary N) is 1. The maximum absolute atomic E-state index is 13.0. The summed E-state index contributed by atoms with van der Waals surface area (Å²) in [6, 6.07) is 8.40. The largest absolute Gasteiger partial charge is 0.338 e. The molecule has 0 saturated heterocycles. The summed E-state index contributed by atoms with van der Waals surface area (Å²) < 4.78 is 26.0. The third-order valence-electron chi connectivity index (χ3n) is 3.03. The first-order valence-corrected chi connectivity index (χ1v) is 5.49. The maximum Gasteiger partial charge on any atom is 0.338 e. The lowest BCUT2D eigenvalue weighted by Crippen LogP contribution is -2.47. The highest BCUT2D eigenvalue weighted by atomic mass is 35.5. The van der Waals surface area contributed by atoms with Crippen molar-refractivity contribution in [3.63, 3.8) is 0 Å². The summed E-state index contributed by atoms with van der Waals surface area (Å²) in [5.41, 5.74) is 3.19. The highest BCUT2D eigenvalue weighted by Crippen LogP contribution is 2.52. The zero-order valence-corrected chi connectivity index (χ0v) is 9.29. The van der Waals surface area contributed by atoms with Gasteiger partial charge in [-0.3, -0.25) is 5.84 Å². The fourth-order valence-corrected chi connectivity index (χ4v) is 2.35. The highest BCUT2D eigenvalue weighted by molar-refractivity contribution is 6.22. The average Bonchev–Trinajstić information content (AvgIpc) is 2.98. The van der Waals surface area contributed by atoms with Gasteiger partial charge in [-0.05, 0) is 35.4 Å². The van der Waals surface area contributed by atoms with Crippen molar-refractivity contribution < 1.29 is 8.78 Å². The van der Waals surface area contributed by atoms with Gasteiger partial charge in [0.1, 0.15) is 6.04 Å². The Balaban J connectivity index is 2.06. The van der Waals surface area contributed by atoms with Gasteiger partial charge in [-0.15, -0.1) is 0 Å². The molecule has 1 fully saturated rings. The first kappa shape index (κ1) is 11.8. The minimum absolute atomic E-state index is 0.131. The van der Waals surface area contributed by atoms with Crippen LogP contribution in [-0.2, 0) is 0 Å². The second kappa shape index (κ2) is 4.28. The molecule has 5 heteroatoms. The molecule has 3 atom stereocenters. The van der Waals surface area contributed by atoms with E-state index in [0.717, 1.165) is 5.56 Å². The Morgan fingerprint density at radius 3 is 2.50 bits per heavy atom. The van der Waals surface area contributed by atoms with Crippen LogP contribution in [0.2, 0.25) is 0 Å². The summed E-state index contributed by atoms with van der Waals surface area (Å²) in [6.07, 6.45) is 0.696. The van der Waals surface area contributed by atoms with Crippen LogP contribution in [0, 0.1) is 5.92 Å². The predicted octanol–water partition coefficient (Wildman–Crippen LogP) is 2.45. The normalized spacial score (nSPS) is 26.5. The first-order valence-electron chi connectivity index (χ1n) is 5.12. The molecule has 1 saturated carbocycles. The molecule has 2 nitrogen and oxygen atoms in total. The molecule has 0 spiro atoms. The second-order valence-corrected chi connectivity index (χ2v) is 4.61. The third kappa shape index (κ3) is 2.34. The summed E-state index contributed by atoms with van der Waals surface area (Å²) in [6.45, 7) is 0. The molecule has 1 aliphatic carbocycles. The van der Waals surface area contributed by atoms with Crippen LogP contribution in [0.5, 0.6) is 0 Å². The molecule has 3 unspecified atom stereocenters. The molecule has 2 rings (SSSR count). The Hall–Kier alpha value is -0.710. The molecule has 0 heterocycles. The van der Waals surface area contributed by atoms with Gasteiger partial charge in [0.15, 0.2) is 0 Å². The second-order valence-electron chi connectivity index (χ2n) is 4.10. The Bertz CT molecular complexity index is 353. The van der Waals surface area contributed by atoms with E-state index in [1.165, 1.54) is 0 Å². The van der Waals surface area contributed by atoms with Crippen molar-refractivity contribution in [2.75, 3.05) is 0 Å². The van der Waals surface area contributed by atoms with Crippen LogP contribution in [0.25, 0.3) is 0 Å². The Kier molecular flexibility index (Phi) is 3.15. The van der Waals surface area contributed by atoms with Gasteiger partial charge in [0.25, 0.3) is 0 Å². The summed E-state index contributed by atoms with van der Waals surface area (Å²) in [4.78, 5) is 0. The number of hydrogen-bond acceptors (Lipinski definition) is 2. The zero-order valence-electron chi connectivity index (χ0n) is 8.54. The summed E-state index contributed by atoms with van der Waals surface area (Å²) >= 11 is 5.01.